The van der Waals surface area contributed by atoms with Crippen LogP contribution in [0.2, 0.25) is 0 Å². The van der Waals surface area contributed by atoms with Crippen molar-refractivity contribution < 1.29 is 19.2 Å². The summed E-state index contributed by atoms with van der Waals surface area (Å²) in [5.41, 5.74) is 4.80. The van der Waals surface area contributed by atoms with Crippen LogP contribution in [0.3, 0.4) is 0 Å². The number of carbonyl (C=O) groups is 4. The Kier molecular flexibility index (Phi) is 7.20. The molecule has 7 rings (SSSR count). The first-order valence-corrected chi connectivity index (χ1v) is 15.4. The smallest absolute Gasteiger partial charge is 0.247 e. The molecule has 43 heavy (non-hydrogen) atoms. The van der Waals surface area contributed by atoms with Gasteiger partial charge in [-0.2, -0.15) is 5.10 Å². The molecule has 0 spiro atoms. The third kappa shape index (κ3) is 5.78. The largest absolute Gasteiger partial charge is 0.330 e. The van der Waals surface area contributed by atoms with E-state index in [9.17, 15) is 19.2 Å². The highest BCUT2D eigenvalue weighted by atomic mass is 16.2. The van der Waals surface area contributed by atoms with Gasteiger partial charge in [0.2, 0.25) is 23.6 Å². The van der Waals surface area contributed by atoms with Gasteiger partial charge in [-0.25, -0.2) is 0 Å². The molecule has 3 N–H and O–H groups in total. The van der Waals surface area contributed by atoms with Crippen molar-refractivity contribution in [3.8, 4) is 22.5 Å². The van der Waals surface area contributed by atoms with Crippen molar-refractivity contribution in [3.05, 3.63) is 54.6 Å². The van der Waals surface area contributed by atoms with Crippen LogP contribution >= 0.6 is 0 Å². The zero-order valence-electron chi connectivity index (χ0n) is 24.1. The molecule has 2 saturated heterocycles. The number of nitrogens with one attached hydrogen (secondary N) is 3. The van der Waals surface area contributed by atoms with Gasteiger partial charge in [0.05, 0.1) is 11.4 Å². The van der Waals surface area contributed by atoms with Crippen LogP contribution in [0.5, 0.6) is 0 Å². The summed E-state index contributed by atoms with van der Waals surface area (Å²) in [6, 6.07) is 16.3. The fourth-order valence-electron chi connectivity index (χ4n) is 6.26. The van der Waals surface area contributed by atoms with Crippen molar-refractivity contribution in [1.82, 2.24) is 20.0 Å². The molecule has 2 unspecified atom stereocenters. The van der Waals surface area contributed by atoms with Crippen LogP contribution in [0.25, 0.3) is 22.5 Å². The second-order valence-electron chi connectivity index (χ2n) is 12.2. The highest BCUT2D eigenvalue weighted by Crippen LogP contribution is 2.35. The number of likely N-dealkylation sites (tertiary alicyclic amines) is 2. The maximum atomic E-state index is 12.9. The third-order valence-corrected chi connectivity index (χ3v) is 9.02. The minimum atomic E-state index is -0.393. The summed E-state index contributed by atoms with van der Waals surface area (Å²) >= 11 is 0. The first-order chi connectivity index (χ1) is 20.9. The van der Waals surface area contributed by atoms with Gasteiger partial charge < -0.3 is 20.4 Å². The van der Waals surface area contributed by atoms with E-state index in [2.05, 4.69) is 20.8 Å². The van der Waals surface area contributed by atoms with Crippen molar-refractivity contribution >= 4 is 35.0 Å². The van der Waals surface area contributed by atoms with Gasteiger partial charge in [-0.3, -0.25) is 24.3 Å². The summed E-state index contributed by atoms with van der Waals surface area (Å²) < 4.78 is 0. The van der Waals surface area contributed by atoms with Gasteiger partial charge in [0, 0.05) is 41.9 Å². The SMILES string of the molecule is O=C(Nc1ccc(-c2cc(-c3ccc(NC(=O)C4CCCN4C(=O)C4CC4)cc3)[nH]n2)cc1)C1CCCN1C(=O)C1CC1. The Morgan fingerprint density at radius 1 is 0.651 bits per heavy atom. The summed E-state index contributed by atoms with van der Waals surface area (Å²) in [6.45, 7) is 1.32. The number of aromatic nitrogens is 2. The lowest BCUT2D eigenvalue weighted by Crippen LogP contribution is -2.43. The Morgan fingerprint density at radius 3 is 1.58 bits per heavy atom. The molecule has 2 saturated carbocycles. The zero-order chi connectivity index (χ0) is 29.5. The first kappa shape index (κ1) is 27.4. The van der Waals surface area contributed by atoms with Crippen LogP contribution < -0.4 is 10.6 Å². The second kappa shape index (κ2) is 11.3. The van der Waals surface area contributed by atoms with Gasteiger partial charge in [-0.1, -0.05) is 24.3 Å². The lowest BCUT2D eigenvalue weighted by Gasteiger charge is -2.24. The topological polar surface area (TPSA) is 128 Å². The quantitative estimate of drug-likeness (QED) is 0.364. The van der Waals surface area contributed by atoms with Crippen LogP contribution in [-0.4, -0.2) is 68.8 Å². The van der Waals surface area contributed by atoms with Gasteiger partial charge >= 0.3 is 0 Å². The van der Waals surface area contributed by atoms with Gasteiger partial charge in [-0.15, -0.1) is 0 Å². The number of nitrogens with zero attached hydrogens (tertiary/aromatic N) is 3. The first-order valence-electron chi connectivity index (χ1n) is 15.4. The predicted octanol–water partition coefficient (Wildman–Crippen LogP) is 4.42. The summed E-state index contributed by atoms with van der Waals surface area (Å²) in [7, 11) is 0. The Balaban J connectivity index is 0.954. The van der Waals surface area contributed by atoms with Crippen molar-refractivity contribution in [1.29, 1.82) is 0 Å². The van der Waals surface area contributed by atoms with Crippen LogP contribution in [0.4, 0.5) is 11.4 Å². The number of aromatic amines is 1. The fourth-order valence-corrected chi connectivity index (χ4v) is 6.26. The molecule has 2 aliphatic carbocycles. The lowest BCUT2D eigenvalue weighted by molar-refractivity contribution is -0.137. The van der Waals surface area contributed by atoms with Crippen LogP contribution in [0.1, 0.15) is 51.4 Å². The van der Waals surface area contributed by atoms with Gasteiger partial charge in [0.15, 0.2) is 0 Å². The number of rotatable bonds is 8. The average molecular weight is 581 g/mol. The van der Waals surface area contributed by atoms with E-state index in [4.69, 9.17) is 0 Å². The highest BCUT2D eigenvalue weighted by molar-refractivity contribution is 5.99. The van der Waals surface area contributed by atoms with Crippen molar-refractivity contribution in [3.63, 3.8) is 0 Å². The summed E-state index contributed by atoms with van der Waals surface area (Å²) in [4.78, 5) is 54.5. The van der Waals surface area contributed by atoms with Crippen molar-refractivity contribution in [2.75, 3.05) is 23.7 Å². The van der Waals surface area contributed by atoms with Gasteiger partial charge in [0.25, 0.3) is 0 Å². The third-order valence-electron chi connectivity index (χ3n) is 9.02. The van der Waals surface area contributed by atoms with E-state index in [1.165, 1.54) is 0 Å². The predicted molar refractivity (Wildman–Crippen MR) is 162 cm³/mol. The minimum absolute atomic E-state index is 0.114. The summed E-state index contributed by atoms with van der Waals surface area (Å²) in [5.74, 6) is 0.216. The number of hydrogen-bond acceptors (Lipinski definition) is 5. The zero-order valence-corrected chi connectivity index (χ0v) is 24.1. The molecule has 4 amide bonds. The molecule has 10 nitrogen and oxygen atoms in total. The van der Waals surface area contributed by atoms with Crippen molar-refractivity contribution in [2.24, 2.45) is 11.8 Å². The van der Waals surface area contributed by atoms with Gasteiger partial charge in [0.1, 0.15) is 12.1 Å². The fraction of sp³-hybridized carbons (Fsp3) is 0.424. The number of benzene rings is 2. The monoisotopic (exact) mass is 580 g/mol. The van der Waals surface area contributed by atoms with E-state index < -0.39 is 12.1 Å². The number of carbonyl (C=O) groups excluding carboxylic acids is 4. The molecule has 1 aromatic heterocycles. The Morgan fingerprint density at radius 2 is 1.12 bits per heavy atom. The summed E-state index contributed by atoms with van der Waals surface area (Å²) in [5, 5.41) is 13.5. The number of anilines is 2. The molecule has 0 radical (unpaired) electrons. The van der Waals surface area contributed by atoms with Crippen molar-refractivity contribution in [2.45, 2.75) is 63.5 Å². The number of amides is 4. The molecule has 2 aliphatic heterocycles. The molecule has 222 valence electrons. The maximum Gasteiger partial charge on any atom is 0.247 e. The molecule has 3 heterocycles. The van der Waals surface area contributed by atoms with E-state index >= 15 is 0 Å². The molecule has 0 bridgehead atoms. The molecule has 4 aliphatic rings. The number of hydrogen-bond donors (Lipinski definition) is 3. The van der Waals surface area contributed by atoms with Crippen LogP contribution in [0.15, 0.2) is 54.6 Å². The Bertz CT molecular complexity index is 1430. The molecule has 10 heteroatoms. The molecule has 2 atom stereocenters. The van der Waals surface area contributed by atoms with E-state index in [0.29, 0.717) is 37.3 Å². The van der Waals surface area contributed by atoms with E-state index in [-0.39, 0.29) is 35.5 Å². The van der Waals surface area contributed by atoms with Gasteiger partial charge in [-0.05, 0) is 87.3 Å². The lowest BCUT2D eigenvalue weighted by atomic mass is 10.1. The molecule has 2 aromatic carbocycles. The highest BCUT2D eigenvalue weighted by Gasteiger charge is 2.42. The molecular formula is C33H36N6O4. The maximum absolute atomic E-state index is 12.9. The van der Waals surface area contributed by atoms with E-state index in [1.807, 2.05) is 54.6 Å². The average Bonchev–Trinajstić information content (AvgIpc) is 3.88. The summed E-state index contributed by atoms with van der Waals surface area (Å²) in [6.07, 6.45) is 6.87. The Hall–Kier alpha value is -4.47. The van der Waals surface area contributed by atoms with E-state index in [0.717, 1.165) is 61.0 Å². The van der Waals surface area contributed by atoms with E-state index in [1.54, 1.807) is 9.80 Å². The molecule has 4 fully saturated rings. The van der Waals surface area contributed by atoms with Crippen LogP contribution in [-0.2, 0) is 19.2 Å². The standard InChI is InChI=1S/C33H36N6O4/c40-30(28-3-1-17-38(28)32(42)22-5-6-22)34-24-13-9-20(10-14-24)26-19-27(37-36-26)21-11-15-25(16-12-21)35-31(41)29-4-2-18-39(29)33(43)23-7-8-23/h9-16,19,22-23,28-29H,1-8,17-18H2,(H,34,40)(H,35,41)(H,36,37). The number of H-pyrrole nitrogens is 1. The normalized spacial score (nSPS) is 21.6. The minimum Gasteiger partial charge on any atom is -0.330 e. The Labute approximate surface area is 250 Å². The molecular weight excluding hydrogens is 544 g/mol. The molecule has 3 aromatic rings. The van der Waals surface area contributed by atoms with Crippen LogP contribution in [0, 0.1) is 11.8 Å². The second-order valence-corrected chi connectivity index (χ2v) is 12.2.